The largest absolute Gasteiger partial charge is 0.291 e. The minimum Gasteiger partial charge on any atom is -0.291 e. The van der Waals surface area contributed by atoms with Crippen molar-refractivity contribution in [1.82, 2.24) is 9.55 Å². The Kier molecular flexibility index (Phi) is 2.71. The van der Waals surface area contributed by atoms with Crippen molar-refractivity contribution >= 4 is 32.6 Å². The highest BCUT2D eigenvalue weighted by Crippen LogP contribution is 2.43. The van der Waals surface area contributed by atoms with Gasteiger partial charge >= 0.3 is 0 Å². The molecule has 7 aromatic carbocycles. The molecule has 0 saturated heterocycles. The minimum atomic E-state index is -0.694. The van der Waals surface area contributed by atoms with Gasteiger partial charge in [0.05, 0.1) is 41.4 Å². The summed E-state index contributed by atoms with van der Waals surface area (Å²) in [6.07, 6.45) is 0. The van der Waals surface area contributed by atoms with Gasteiger partial charge in [-0.15, -0.1) is 0 Å². The third kappa shape index (κ3) is 3.84. The molecule has 8 aromatic rings. The van der Waals surface area contributed by atoms with E-state index in [9.17, 15) is 5.48 Å². The third-order valence-electron chi connectivity index (χ3n) is 6.82. The van der Waals surface area contributed by atoms with Gasteiger partial charge in [0.25, 0.3) is 0 Å². The molecule has 0 fully saturated rings. The maximum atomic E-state index is 9.37. The summed E-state index contributed by atoms with van der Waals surface area (Å²) in [5, 5.41) is -0.863. The van der Waals surface area contributed by atoms with E-state index in [1.54, 1.807) is 24.3 Å². The van der Waals surface area contributed by atoms with Crippen LogP contribution in [0.1, 0.15) is 24.7 Å². The lowest BCUT2D eigenvalue weighted by molar-refractivity contribution is 1.13. The monoisotopic (exact) mass is 540 g/mol. The SMILES string of the molecule is [2H]c1c([2H])c([2H])c(-c2ccc(-c3c4c([2H])c([2H])c([2H])c([2H])c4c(-n4c(-c5c([2H])c([2H])c([2H])c([2H])c5[2H])nc5ccccc54)c4c([2H])c([2H])c([2H])c([2H])c34)cc2)c([2H])c1[2H]. The standard InChI is InChI=1S/C39H26N2/c1-3-13-27(14-4-1)28-23-25-29(26-24-28)37-31-17-7-9-19-33(31)38(34-20-10-8-18-32(34)37)41-36-22-12-11-21-35(36)40-39(41)30-15-5-2-6-16-30/h1-26H/i1D,2D,3D,4D,5D,6D,7D,8D,9D,10D,13D,14D,15D,16D,17D,18D,19D,20D. The summed E-state index contributed by atoms with van der Waals surface area (Å²) in [5.41, 5.74) is 0.0818. The molecule has 0 bridgehead atoms. The van der Waals surface area contributed by atoms with Crippen LogP contribution in [0.3, 0.4) is 0 Å². The Bertz CT molecular complexity index is 3050. The lowest BCUT2D eigenvalue weighted by Crippen LogP contribution is -2.01. The molecule has 192 valence electrons. The predicted molar refractivity (Wildman–Crippen MR) is 172 cm³/mol. The van der Waals surface area contributed by atoms with E-state index in [1.165, 1.54) is 28.8 Å². The fourth-order valence-corrected chi connectivity index (χ4v) is 5.10. The summed E-state index contributed by atoms with van der Waals surface area (Å²) < 4.78 is 158. The van der Waals surface area contributed by atoms with Crippen LogP contribution in [0.15, 0.2) is 157 Å². The van der Waals surface area contributed by atoms with Gasteiger partial charge in [-0.3, -0.25) is 4.57 Å². The van der Waals surface area contributed by atoms with Gasteiger partial charge in [-0.25, -0.2) is 4.98 Å². The van der Waals surface area contributed by atoms with Gasteiger partial charge < -0.3 is 0 Å². The molecule has 0 saturated carbocycles. The van der Waals surface area contributed by atoms with Crippen LogP contribution in [-0.4, -0.2) is 9.55 Å². The Morgan fingerprint density at radius 2 is 0.976 bits per heavy atom. The second-order valence-corrected chi connectivity index (χ2v) is 9.06. The van der Waals surface area contributed by atoms with E-state index in [0.717, 1.165) is 0 Å². The normalized spacial score (nSPS) is 17.6. The van der Waals surface area contributed by atoms with Crippen LogP contribution in [0, 0.1) is 0 Å². The van der Waals surface area contributed by atoms with Crippen LogP contribution in [0.5, 0.6) is 0 Å². The van der Waals surface area contributed by atoms with Crippen LogP contribution in [0.4, 0.5) is 0 Å². The molecule has 1 aromatic heterocycles. The smallest absolute Gasteiger partial charge is 0.145 e. The summed E-state index contributed by atoms with van der Waals surface area (Å²) in [4.78, 5) is 4.68. The average molecular weight is 541 g/mol. The molecule has 0 unspecified atom stereocenters. The van der Waals surface area contributed by atoms with Crippen LogP contribution in [0.2, 0.25) is 0 Å². The number of fused-ring (bicyclic) bond motifs is 3. The molecule has 1 heterocycles. The van der Waals surface area contributed by atoms with E-state index in [-0.39, 0.29) is 71.9 Å². The van der Waals surface area contributed by atoms with Gasteiger partial charge in [0.1, 0.15) is 5.82 Å². The number of hydrogen-bond donors (Lipinski definition) is 0. The van der Waals surface area contributed by atoms with E-state index < -0.39 is 109 Å². The van der Waals surface area contributed by atoms with Crippen molar-refractivity contribution < 1.29 is 24.7 Å². The first-order valence-electron chi connectivity index (χ1n) is 21.5. The predicted octanol–water partition coefficient (Wildman–Crippen LogP) is 10.3. The van der Waals surface area contributed by atoms with Crippen LogP contribution < -0.4 is 0 Å². The van der Waals surface area contributed by atoms with Crippen LogP contribution >= 0.6 is 0 Å². The van der Waals surface area contributed by atoms with Crippen molar-refractivity contribution in [2.45, 2.75) is 0 Å². The number of imidazole rings is 1. The van der Waals surface area contributed by atoms with Gasteiger partial charge in [0, 0.05) is 16.3 Å². The van der Waals surface area contributed by atoms with Gasteiger partial charge in [0.2, 0.25) is 0 Å². The zero-order valence-electron chi connectivity index (χ0n) is 39.0. The van der Waals surface area contributed by atoms with Gasteiger partial charge in [-0.2, -0.15) is 0 Å². The topological polar surface area (TPSA) is 17.8 Å². The summed E-state index contributed by atoms with van der Waals surface area (Å²) in [7, 11) is 0. The lowest BCUT2D eigenvalue weighted by Gasteiger charge is -2.20. The number of rotatable bonds is 4. The van der Waals surface area contributed by atoms with Crippen LogP contribution in [0.25, 0.3) is 71.9 Å². The number of nitrogens with zero attached hydrogens (tertiary/aromatic N) is 2. The molecule has 8 rings (SSSR count). The summed E-state index contributed by atoms with van der Waals surface area (Å²) in [6, 6.07) is 1.10. The van der Waals surface area contributed by atoms with Gasteiger partial charge in [-0.05, 0) is 45.2 Å². The molecule has 0 atom stereocenters. The van der Waals surface area contributed by atoms with E-state index in [1.807, 2.05) is 0 Å². The number of benzene rings is 7. The van der Waals surface area contributed by atoms with E-state index in [0.29, 0.717) is 0 Å². The third-order valence-corrected chi connectivity index (χ3v) is 6.82. The highest BCUT2D eigenvalue weighted by Gasteiger charge is 2.21. The average Bonchev–Trinajstić information content (AvgIpc) is 3.61. The fraction of sp³-hybridized carbons (Fsp3) is 0. The quantitative estimate of drug-likeness (QED) is 0.203. The van der Waals surface area contributed by atoms with E-state index in [4.69, 9.17) is 19.2 Å². The highest BCUT2D eigenvalue weighted by atomic mass is 15.1. The van der Waals surface area contributed by atoms with Crippen molar-refractivity contribution in [2.75, 3.05) is 0 Å². The zero-order chi connectivity index (χ0) is 42.8. The summed E-state index contributed by atoms with van der Waals surface area (Å²) in [6.45, 7) is 0. The Morgan fingerprint density at radius 1 is 0.463 bits per heavy atom. The van der Waals surface area contributed by atoms with Crippen molar-refractivity contribution in [2.24, 2.45) is 0 Å². The molecule has 41 heavy (non-hydrogen) atoms. The molecule has 0 radical (unpaired) electrons. The second-order valence-electron chi connectivity index (χ2n) is 9.06. The highest BCUT2D eigenvalue weighted by molar-refractivity contribution is 6.19. The number of para-hydroxylation sites is 2. The maximum absolute atomic E-state index is 9.37. The molecule has 0 N–H and O–H groups in total. The molecule has 0 aliphatic heterocycles. The van der Waals surface area contributed by atoms with Crippen molar-refractivity contribution in [1.29, 1.82) is 0 Å². The van der Waals surface area contributed by atoms with Crippen molar-refractivity contribution in [3.63, 3.8) is 0 Å². The Balaban J connectivity index is 1.62. The Hall–Kier alpha value is -5.47. The molecular weight excluding hydrogens is 496 g/mol. The Morgan fingerprint density at radius 3 is 1.61 bits per heavy atom. The summed E-state index contributed by atoms with van der Waals surface area (Å²) >= 11 is 0. The molecule has 0 spiro atoms. The molecule has 2 nitrogen and oxygen atoms in total. The Labute approximate surface area is 264 Å². The van der Waals surface area contributed by atoms with Gasteiger partial charge in [-0.1, -0.05) is 145 Å². The second kappa shape index (κ2) is 9.62. The van der Waals surface area contributed by atoms with E-state index in [2.05, 4.69) is 4.98 Å². The van der Waals surface area contributed by atoms with E-state index >= 15 is 0 Å². The van der Waals surface area contributed by atoms with Crippen molar-refractivity contribution in [3.05, 3.63) is 157 Å². The first kappa shape index (κ1) is 11.6. The summed E-state index contributed by atoms with van der Waals surface area (Å²) in [5.74, 6) is -0.263. The number of aromatic nitrogens is 2. The molecule has 0 aliphatic rings. The number of hydrogen-bond acceptors (Lipinski definition) is 1. The molecule has 0 amide bonds. The molecule has 0 aliphatic carbocycles. The fourth-order valence-electron chi connectivity index (χ4n) is 5.10. The maximum Gasteiger partial charge on any atom is 0.145 e. The molecular formula is C39H26N2. The van der Waals surface area contributed by atoms with Crippen molar-refractivity contribution in [3.8, 4) is 39.3 Å². The molecule has 2 heteroatoms. The zero-order valence-corrected chi connectivity index (χ0v) is 21.0. The van der Waals surface area contributed by atoms with Gasteiger partial charge in [0.15, 0.2) is 0 Å². The first-order chi connectivity index (χ1) is 27.8. The first-order valence-corrected chi connectivity index (χ1v) is 12.5. The minimum absolute atomic E-state index is 0.0425. The van der Waals surface area contributed by atoms with Crippen LogP contribution in [-0.2, 0) is 0 Å². The lowest BCUT2D eigenvalue weighted by atomic mass is 9.89.